The molecule has 3 atom stereocenters. The molecule has 0 radical (unpaired) electrons. The molecule has 100 valence electrons. The third kappa shape index (κ3) is 2.53. The van der Waals surface area contributed by atoms with Gasteiger partial charge in [0.05, 0.1) is 12.2 Å². The van der Waals surface area contributed by atoms with E-state index in [4.69, 9.17) is 4.74 Å². The molecule has 0 bridgehead atoms. The first kappa shape index (κ1) is 13.4. The zero-order chi connectivity index (χ0) is 12.5. The van der Waals surface area contributed by atoms with Crippen molar-refractivity contribution in [3.8, 4) is 0 Å². The summed E-state index contributed by atoms with van der Waals surface area (Å²) in [7, 11) is 2.11. The SMILES string of the molecule is CNC1CC(OC(C)CC(C)C)C12CCCC2. The average Bonchev–Trinajstić information content (AvgIpc) is 2.74. The van der Waals surface area contributed by atoms with Crippen molar-refractivity contribution in [1.82, 2.24) is 5.32 Å². The molecule has 2 heteroatoms. The minimum Gasteiger partial charge on any atom is -0.375 e. The van der Waals surface area contributed by atoms with Crippen LogP contribution in [0.15, 0.2) is 0 Å². The Morgan fingerprint density at radius 1 is 1.24 bits per heavy atom. The maximum atomic E-state index is 6.33. The Morgan fingerprint density at radius 2 is 1.88 bits per heavy atom. The van der Waals surface area contributed by atoms with Gasteiger partial charge in [0.1, 0.15) is 0 Å². The zero-order valence-electron chi connectivity index (χ0n) is 12.0. The largest absolute Gasteiger partial charge is 0.375 e. The van der Waals surface area contributed by atoms with Crippen LogP contribution in [0.5, 0.6) is 0 Å². The molecule has 2 rings (SSSR count). The van der Waals surface area contributed by atoms with Crippen molar-refractivity contribution in [3.05, 3.63) is 0 Å². The topological polar surface area (TPSA) is 21.3 Å². The molecule has 0 saturated heterocycles. The third-order valence-electron chi connectivity index (χ3n) is 4.87. The highest BCUT2D eigenvalue weighted by molar-refractivity contribution is 5.09. The van der Waals surface area contributed by atoms with Crippen LogP contribution in [-0.4, -0.2) is 25.3 Å². The van der Waals surface area contributed by atoms with Gasteiger partial charge in [0, 0.05) is 11.5 Å². The monoisotopic (exact) mass is 239 g/mol. The van der Waals surface area contributed by atoms with Crippen LogP contribution in [0, 0.1) is 11.3 Å². The average molecular weight is 239 g/mol. The van der Waals surface area contributed by atoms with E-state index in [-0.39, 0.29) is 0 Å². The Bertz CT molecular complexity index is 245. The second-order valence-corrected chi connectivity index (χ2v) is 6.58. The third-order valence-corrected chi connectivity index (χ3v) is 4.87. The molecule has 2 aliphatic rings. The lowest BCUT2D eigenvalue weighted by atomic mass is 9.60. The zero-order valence-corrected chi connectivity index (χ0v) is 12.0. The van der Waals surface area contributed by atoms with Crippen molar-refractivity contribution in [2.75, 3.05) is 7.05 Å². The van der Waals surface area contributed by atoms with Gasteiger partial charge in [-0.05, 0) is 45.6 Å². The van der Waals surface area contributed by atoms with Crippen LogP contribution in [-0.2, 0) is 4.74 Å². The Labute approximate surface area is 107 Å². The fourth-order valence-corrected chi connectivity index (χ4v) is 4.05. The van der Waals surface area contributed by atoms with Crippen LogP contribution in [0.4, 0.5) is 0 Å². The van der Waals surface area contributed by atoms with E-state index in [0.29, 0.717) is 23.7 Å². The summed E-state index contributed by atoms with van der Waals surface area (Å²) >= 11 is 0. The molecule has 2 nitrogen and oxygen atoms in total. The molecule has 1 spiro atoms. The maximum Gasteiger partial charge on any atom is 0.0664 e. The number of rotatable bonds is 5. The van der Waals surface area contributed by atoms with Gasteiger partial charge in [0.15, 0.2) is 0 Å². The van der Waals surface area contributed by atoms with E-state index in [1.165, 1.54) is 38.5 Å². The first-order valence-electron chi connectivity index (χ1n) is 7.41. The Morgan fingerprint density at radius 3 is 2.41 bits per heavy atom. The lowest BCUT2D eigenvalue weighted by Crippen LogP contribution is -2.62. The summed E-state index contributed by atoms with van der Waals surface area (Å²) in [5.74, 6) is 0.740. The van der Waals surface area contributed by atoms with E-state index in [1.807, 2.05) is 0 Å². The summed E-state index contributed by atoms with van der Waals surface area (Å²) in [5, 5.41) is 3.50. The highest BCUT2D eigenvalue weighted by Gasteiger charge is 2.56. The van der Waals surface area contributed by atoms with Gasteiger partial charge in [0.2, 0.25) is 0 Å². The number of hydrogen-bond acceptors (Lipinski definition) is 2. The second kappa shape index (κ2) is 5.27. The summed E-state index contributed by atoms with van der Waals surface area (Å²) in [6.07, 6.45) is 8.91. The van der Waals surface area contributed by atoms with Gasteiger partial charge >= 0.3 is 0 Å². The molecule has 0 aliphatic heterocycles. The first-order valence-corrected chi connectivity index (χ1v) is 7.41. The molecule has 1 N–H and O–H groups in total. The van der Waals surface area contributed by atoms with E-state index in [1.54, 1.807) is 0 Å². The molecular formula is C15H29NO. The molecule has 0 aromatic heterocycles. The quantitative estimate of drug-likeness (QED) is 0.794. The van der Waals surface area contributed by atoms with Crippen molar-refractivity contribution in [1.29, 1.82) is 0 Å². The van der Waals surface area contributed by atoms with Gasteiger partial charge < -0.3 is 10.1 Å². The lowest BCUT2D eigenvalue weighted by Gasteiger charge is -2.54. The van der Waals surface area contributed by atoms with Crippen LogP contribution in [0.3, 0.4) is 0 Å². The van der Waals surface area contributed by atoms with Crippen molar-refractivity contribution in [2.45, 2.75) is 77.5 Å². The summed E-state index contributed by atoms with van der Waals surface area (Å²) in [4.78, 5) is 0. The van der Waals surface area contributed by atoms with Gasteiger partial charge in [-0.2, -0.15) is 0 Å². The molecule has 2 saturated carbocycles. The summed E-state index contributed by atoms with van der Waals surface area (Å²) in [5.41, 5.74) is 0.486. The molecule has 0 amide bonds. The predicted molar refractivity (Wildman–Crippen MR) is 72.2 cm³/mol. The van der Waals surface area contributed by atoms with E-state index >= 15 is 0 Å². The number of nitrogens with one attached hydrogen (secondary N) is 1. The molecule has 0 aromatic rings. The van der Waals surface area contributed by atoms with Crippen LogP contribution in [0.2, 0.25) is 0 Å². The fourth-order valence-electron chi connectivity index (χ4n) is 4.05. The van der Waals surface area contributed by atoms with E-state index < -0.39 is 0 Å². The normalized spacial score (nSPS) is 33.0. The summed E-state index contributed by atoms with van der Waals surface area (Å²) in [6.45, 7) is 6.81. The van der Waals surface area contributed by atoms with Crippen LogP contribution >= 0.6 is 0 Å². The highest BCUT2D eigenvalue weighted by Crippen LogP contribution is 2.55. The lowest BCUT2D eigenvalue weighted by molar-refractivity contribution is -0.158. The van der Waals surface area contributed by atoms with Crippen molar-refractivity contribution >= 4 is 0 Å². The van der Waals surface area contributed by atoms with Crippen LogP contribution in [0.1, 0.15) is 59.3 Å². The minimum atomic E-state index is 0.426. The predicted octanol–water partition coefficient (Wildman–Crippen LogP) is 3.36. The molecule has 2 fully saturated rings. The first-order chi connectivity index (χ1) is 8.08. The van der Waals surface area contributed by atoms with Crippen LogP contribution in [0.25, 0.3) is 0 Å². The van der Waals surface area contributed by atoms with E-state index in [9.17, 15) is 0 Å². The molecule has 0 heterocycles. The standard InChI is InChI=1S/C15H29NO/c1-11(2)9-12(3)17-14-10-13(16-4)15(14)7-5-6-8-15/h11-14,16H,5-10H2,1-4H3. The number of ether oxygens (including phenoxy) is 1. The highest BCUT2D eigenvalue weighted by atomic mass is 16.5. The molecule has 0 aromatic carbocycles. The number of hydrogen-bond donors (Lipinski definition) is 1. The molecular weight excluding hydrogens is 210 g/mol. The Hall–Kier alpha value is -0.0800. The van der Waals surface area contributed by atoms with Gasteiger partial charge in [-0.15, -0.1) is 0 Å². The maximum absolute atomic E-state index is 6.33. The van der Waals surface area contributed by atoms with E-state index in [2.05, 4.69) is 33.1 Å². The van der Waals surface area contributed by atoms with Crippen molar-refractivity contribution in [2.24, 2.45) is 11.3 Å². The minimum absolute atomic E-state index is 0.426. The van der Waals surface area contributed by atoms with Gasteiger partial charge in [0.25, 0.3) is 0 Å². The van der Waals surface area contributed by atoms with Gasteiger partial charge in [-0.3, -0.25) is 0 Å². The summed E-state index contributed by atoms with van der Waals surface area (Å²) in [6, 6.07) is 0.709. The van der Waals surface area contributed by atoms with Gasteiger partial charge in [-0.1, -0.05) is 26.7 Å². The van der Waals surface area contributed by atoms with Gasteiger partial charge in [-0.25, -0.2) is 0 Å². The summed E-state index contributed by atoms with van der Waals surface area (Å²) < 4.78 is 6.33. The second-order valence-electron chi connectivity index (χ2n) is 6.58. The fraction of sp³-hybridized carbons (Fsp3) is 1.00. The Balaban J connectivity index is 1.89. The molecule has 2 aliphatic carbocycles. The Kier molecular flexibility index (Phi) is 4.14. The van der Waals surface area contributed by atoms with Crippen LogP contribution < -0.4 is 5.32 Å². The van der Waals surface area contributed by atoms with Crippen molar-refractivity contribution in [3.63, 3.8) is 0 Å². The van der Waals surface area contributed by atoms with E-state index in [0.717, 1.165) is 5.92 Å². The van der Waals surface area contributed by atoms with Crippen molar-refractivity contribution < 1.29 is 4.74 Å². The smallest absolute Gasteiger partial charge is 0.0664 e. The molecule has 3 unspecified atom stereocenters. The molecule has 17 heavy (non-hydrogen) atoms.